The average Bonchev–Trinajstić information content (AvgIpc) is 2.80. The van der Waals surface area contributed by atoms with E-state index in [0.717, 1.165) is 11.1 Å². The molecule has 3 aromatic rings. The van der Waals surface area contributed by atoms with Crippen molar-refractivity contribution in [2.75, 3.05) is 24.3 Å². The van der Waals surface area contributed by atoms with Gasteiger partial charge < -0.3 is 14.8 Å². The first-order valence-electron chi connectivity index (χ1n) is 9.82. The second kappa shape index (κ2) is 10.4. The van der Waals surface area contributed by atoms with E-state index < -0.39 is 10.0 Å². The maximum Gasteiger partial charge on any atom is 0.261 e. The number of carbonyl (C=O) groups is 1. The van der Waals surface area contributed by atoms with Crippen molar-refractivity contribution < 1.29 is 22.7 Å². The second-order valence-electron chi connectivity index (χ2n) is 7.03. The summed E-state index contributed by atoms with van der Waals surface area (Å²) in [5.74, 6) is 0.778. The summed E-state index contributed by atoms with van der Waals surface area (Å²) in [6.45, 7) is 1.83. The molecule has 33 heavy (non-hydrogen) atoms. The van der Waals surface area contributed by atoms with Crippen LogP contribution in [-0.4, -0.2) is 28.5 Å². The topological polar surface area (TPSA) is 93.7 Å². The highest BCUT2D eigenvalue weighted by molar-refractivity contribution is 7.92. The Hall–Kier alpha value is -3.49. The fraction of sp³-hybridized carbons (Fsp3) is 0.125. The summed E-state index contributed by atoms with van der Waals surface area (Å²) in [7, 11) is -0.722. The second-order valence-corrected chi connectivity index (χ2v) is 9.12. The zero-order valence-corrected chi connectivity index (χ0v) is 19.8. The monoisotopic (exact) mass is 486 g/mol. The summed E-state index contributed by atoms with van der Waals surface area (Å²) in [6, 6.07) is 16.0. The predicted octanol–water partition coefficient (Wildman–Crippen LogP) is 5.12. The van der Waals surface area contributed by atoms with Crippen LogP contribution in [0.15, 0.2) is 71.6 Å². The summed E-state index contributed by atoms with van der Waals surface area (Å²) in [6.07, 6.45) is 3.00. The zero-order valence-electron chi connectivity index (χ0n) is 18.3. The molecule has 0 spiro atoms. The highest BCUT2D eigenvalue weighted by atomic mass is 35.5. The molecule has 0 bridgehead atoms. The van der Waals surface area contributed by atoms with Crippen LogP contribution >= 0.6 is 11.6 Å². The molecule has 2 N–H and O–H groups in total. The van der Waals surface area contributed by atoms with Crippen LogP contribution in [0.2, 0.25) is 5.02 Å². The fourth-order valence-electron chi connectivity index (χ4n) is 2.90. The van der Waals surface area contributed by atoms with E-state index in [4.69, 9.17) is 21.1 Å². The van der Waals surface area contributed by atoms with Crippen LogP contribution in [0.4, 0.5) is 11.4 Å². The van der Waals surface area contributed by atoms with Gasteiger partial charge in [0.2, 0.25) is 5.91 Å². The van der Waals surface area contributed by atoms with Crippen LogP contribution in [0.25, 0.3) is 6.08 Å². The van der Waals surface area contributed by atoms with Crippen LogP contribution in [0, 0.1) is 6.92 Å². The van der Waals surface area contributed by atoms with Gasteiger partial charge in [-0.05, 0) is 72.7 Å². The quantitative estimate of drug-likeness (QED) is 0.431. The van der Waals surface area contributed by atoms with E-state index in [1.807, 2.05) is 6.92 Å². The zero-order chi connectivity index (χ0) is 24.0. The van der Waals surface area contributed by atoms with Gasteiger partial charge in [-0.2, -0.15) is 0 Å². The molecule has 0 fully saturated rings. The lowest BCUT2D eigenvalue weighted by atomic mass is 10.2. The maximum absolute atomic E-state index is 12.6. The summed E-state index contributed by atoms with van der Waals surface area (Å²) < 4.78 is 38.2. The number of sulfonamides is 1. The first-order chi connectivity index (χ1) is 15.7. The highest BCUT2D eigenvalue weighted by Crippen LogP contribution is 2.28. The molecule has 0 radical (unpaired) electrons. The molecule has 1 amide bonds. The molecule has 0 aliphatic heterocycles. The summed E-state index contributed by atoms with van der Waals surface area (Å²) in [5.41, 5.74) is 2.42. The first-order valence-corrected chi connectivity index (χ1v) is 11.7. The van der Waals surface area contributed by atoms with Gasteiger partial charge in [0.05, 0.1) is 24.8 Å². The van der Waals surface area contributed by atoms with Crippen molar-refractivity contribution in [2.24, 2.45) is 0 Å². The van der Waals surface area contributed by atoms with E-state index in [1.54, 1.807) is 49.6 Å². The lowest BCUT2D eigenvalue weighted by Gasteiger charge is -2.10. The molecule has 0 heterocycles. The predicted molar refractivity (Wildman–Crippen MR) is 131 cm³/mol. The van der Waals surface area contributed by atoms with Gasteiger partial charge in [-0.3, -0.25) is 9.52 Å². The molecule has 0 aromatic heterocycles. The van der Waals surface area contributed by atoms with Gasteiger partial charge in [-0.25, -0.2) is 8.42 Å². The number of halogens is 1. The molecule has 3 aromatic carbocycles. The van der Waals surface area contributed by atoms with Crippen molar-refractivity contribution in [3.63, 3.8) is 0 Å². The lowest BCUT2D eigenvalue weighted by molar-refractivity contribution is -0.111. The Morgan fingerprint density at radius 1 is 0.909 bits per heavy atom. The molecule has 0 saturated carbocycles. The van der Waals surface area contributed by atoms with Crippen molar-refractivity contribution in [3.8, 4) is 11.5 Å². The third kappa shape index (κ3) is 6.27. The lowest BCUT2D eigenvalue weighted by Crippen LogP contribution is -2.13. The maximum atomic E-state index is 12.6. The Bertz CT molecular complexity index is 1290. The molecular formula is C24H23ClN2O5S. The van der Waals surface area contributed by atoms with E-state index in [9.17, 15) is 13.2 Å². The Labute approximate surface area is 198 Å². The number of nitrogens with one attached hydrogen (secondary N) is 2. The summed E-state index contributed by atoms with van der Waals surface area (Å²) in [5, 5.41) is 3.16. The van der Waals surface area contributed by atoms with Gasteiger partial charge in [0, 0.05) is 16.8 Å². The molecule has 9 heteroatoms. The number of ether oxygens (including phenoxy) is 2. The molecule has 0 aliphatic rings. The number of aryl methyl sites for hydroxylation is 1. The van der Waals surface area contributed by atoms with Gasteiger partial charge in [0.15, 0.2) is 11.5 Å². The van der Waals surface area contributed by atoms with Gasteiger partial charge in [0.1, 0.15) is 0 Å². The number of benzene rings is 3. The number of carbonyl (C=O) groups excluding carboxylic acids is 1. The van der Waals surface area contributed by atoms with Crippen molar-refractivity contribution >= 4 is 45.0 Å². The molecular weight excluding hydrogens is 464 g/mol. The fourth-order valence-corrected chi connectivity index (χ4v) is 4.13. The van der Waals surface area contributed by atoms with Gasteiger partial charge in [-0.1, -0.05) is 23.7 Å². The molecule has 0 aliphatic carbocycles. The minimum Gasteiger partial charge on any atom is -0.493 e. The number of amides is 1. The number of rotatable bonds is 8. The third-order valence-electron chi connectivity index (χ3n) is 4.69. The van der Waals surface area contributed by atoms with E-state index >= 15 is 0 Å². The average molecular weight is 487 g/mol. The van der Waals surface area contributed by atoms with Crippen LogP contribution in [-0.2, 0) is 14.8 Å². The van der Waals surface area contributed by atoms with Gasteiger partial charge in [-0.15, -0.1) is 0 Å². The smallest absolute Gasteiger partial charge is 0.261 e. The molecule has 0 saturated heterocycles. The summed E-state index contributed by atoms with van der Waals surface area (Å²) >= 11 is 6.06. The third-order valence-corrected chi connectivity index (χ3v) is 6.50. The summed E-state index contributed by atoms with van der Waals surface area (Å²) in [4.78, 5) is 12.3. The van der Waals surface area contributed by atoms with E-state index in [2.05, 4.69) is 10.0 Å². The Kier molecular flexibility index (Phi) is 7.63. The van der Waals surface area contributed by atoms with Crippen molar-refractivity contribution in [1.82, 2.24) is 0 Å². The van der Waals surface area contributed by atoms with Crippen molar-refractivity contribution in [1.29, 1.82) is 0 Å². The van der Waals surface area contributed by atoms with Crippen LogP contribution in [0.3, 0.4) is 0 Å². The van der Waals surface area contributed by atoms with E-state index in [1.165, 1.54) is 37.5 Å². The van der Waals surface area contributed by atoms with E-state index in [0.29, 0.717) is 27.9 Å². The number of hydrogen-bond donors (Lipinski definition) is 2. The van der Waals surface area contributed by atoms with Crippen molar-refractivity contribution in [3.05, 3.63) is 82.9 Å². The highest BCUT2D eigenvalue weighted by Gasteiger charge is 2.15. The SMILES string of the molecule is COc1ccc(/C=C/C(=O)Nc2ccc(S(=O)(=O)Nc3ccc(C)c(Cl)c3)cc2)cc1OC. The van der Waals surface area contributed by atoms with Crippen LogP contribution in [0.5, 0.6) is 11.5 Å². The Morgan fingerprint density at radius 3 is 2.21 bits per heavy atom. The van der Waals surface area contributed by atoms with E-state index in [-0.39, 0.29) is 10.8 Å². The van der Waals surface area contributed by atoms with Crippen LogP contribution < -0.4 is 19.5 Å². The normalized spacial score (nSPS) is 11.3. The molecule has 0 atom stereocenters. The largest absolute Gasteiger partial charge is 0.493 e. The molecule has 3 rings (SSSR count). The van der Waals surface area contributed by atoms with Crippen LogP contribution in [0.1, 0.15) is 11.1 Å². The van der Waals surface area contributed by atoms with Crippen molar-refractivity contribution in [2.45, 2.75) is 11.8 Å². The van der Waals surface area contributed by atoms with Gasteiger partial charge in [0.25, 0.3) is 10.0 Å². The minimum absolute atomic E-state index is 0.0538. The number of methoxy groups -OCH3 is 2. The number of anilines is 2. The molecule has 7 nitrogen and oxygen atoms in total. The standard InChI is InChI=1S/C24H23ClN2O5S/c1-16-4-7-19(15-21(16)25)27-33(29,30)20-10-8-18(9-11-20)26-24(28)13-6-17-5-12-22(31-2)23(14-17)32-3/h4-15,27H,1-3H3,(H,26,28)/b13-6+. The number of hydrogen-bond acceptors (Lipinski definition) is 5. The Morgan fingerprint density at radius 2 is 1.58 bits per heavy atom. The Balaban J connectivity index is 1.65. The molecule has 172 valence electrons. The molecule has 0 unspecified atom stereocenters. The van der Waals surface area contributed by atoms with Gasteiger partial charge >= 0.3 is 0 Å². The minimum atomic E-state index is -3.80. The first kappa shape index (κ1) is 24.2.